The minimum absolute atomic E-state index is 0.0142. The van der Waals surface area contributed by atoms with Gasteiger partial charge in [0.05, 0.1) is 17.5 Å². The van der Waals surface area contributed by atoms with Crippen LogP contribution in [0, 0.1) is 11.3 Å². The number of amides is 3. The number of unbranched alkanes of at least 4 members (excludes halogenated alkanes) is 1. The summed E-state index contributed by atoms with van der Waals surface area (Å²) in [5.74, 6) is 0.248. The fourth-order valence-electron chi connectivity index (χ4n) is 4.36. The van der Waals surface area contributed by atoms with Crippen molar-refractivity contribution in [2.45, 2.75) is 63.3 Å². The topological polar surface area (TPSA) is 98.7 Å². The molecule has 8 heteroatoms. The number of likely N-dealkylation sites (tertiary alicyclic amines) is 1. The van der Waals surface area contributed by atoms with E-state index < -0.39 is 11.4 Å². The van der Waals surface area contributed by atoms with Crippen molar-refractivity contribution in [1.29, 1.82) is 0 Å². The van der Waals surface area contributed by atoms with Crippen molar-refractivity contribution in [1.82, 2.24) is 15.5 Å². The molecule has 3 aliphatic heterocycles. The van der Waals surface area contributed by atoms with Crippen molar-refractivity contribution >= 4 is 29.7 Å². The highest BCUT2D eigenvalue weighted by Gasteiger charge is 2.48. The van der Waals surface area contributed by atoms with E-state index in [9.17, 15) is 19.5 Å². The molecule has 0 aliphatic carbocycles. The van der Waals surface area contributed by atoms with Gasteiger partial charge in [0.25, 0.3) is 0 Å². The Hall–Kier alpha value is -1.44. The van der Waals surface area contributed by atoms with Gasteiger partial charge in [-0.2, -0.15) is 11.8 Å². The summed E-state index contributed by atoms with van der Waals surface area (Å²) in [6, 6.07) is 0.384. The van der Waals surface area contributed by atoms with Crippen molar-refractivity contribution in [3.8, 4) is 0 Å². The zero-order chi connectivity index (χ0) is 18.9. The predicted octanol–water partition coefficient (Wildman–Crippen LogP) is 1.67. The summed E-state index contributed by atoms with van der Waals surface area (Å²) in [7, 11) is 0. The quantitative estimate of drug-likeness (QED) is 0.459. The molecule has 26 heavy (non-hydrogen) atoms. The molecule has 3 N–H and O–H groups in total. The van der Waals surface area contributed by atoms with E-state index in [1.165, 1.54) is 0 Å². The Bertz CT molecular complexity index is 585. The van der Waals surface area contributed by atoms with Crippen LogP contribution in [0.2, 0.25) is 0 Å². The van der Waals surface area contributed by atoms with Gasteiger partial charge in [-0.15, -0.1) is 0 Å². The summed E-state index contributed by atoms with van der Waals surface area (Å²) in [5, 5.41) is 15.9. The lowest BCUT2D eigenvalue weighted by atomic mass is 9.76. The fourth-order valence-corrected chi connectivity index (χ4v) is 5.91. The molecule has 0 aromatic heterocycles. The summed E-state index contributed by atoms with van der Waals surface area (Å²) >= 11 is 1.89. The van der Waals surface area contributed by atoms with Gasteiger partial charge >= 0.3 is 12.0 Å². The average molecular weight is 384 g/mol. The van der Waals surface area contributed by atoms with Crippen LogP contribution >= 0.6 is 11.8 Å². The lowest BCUT2D eigenvalue weighted by molar-refractivity contribution is -0.151. The van der Waals surface area contributed by atoms with Crippen molar-refractivity contribution in [3.63, 3.8) is 0 Å². The van der Waals surface area contributed by atoms with E-state index in [1.807, 2.05) is 25.6 Å². The Morgan fingerprint density at radius 2 is 2.12 bits per heavy atom. The van der Waals surface area contributed by atoms with Gasteiger partial charge in [0.2, 0.25) is 5.91 Å². The molecule has 0 radical (unpaired) electrons. The van der Waals surface area contributed by atoms with E-state index in [4.69, 9.17) is 0 Å². The van der Waals surface area contributed by atoms with Gasteiger partial charge in [0.1, 0.15) is 0 Å². The van der Waals surface area contributed by atoms with E-state index in [1.54, 1.807) is 4.90 Å². The van der Waals surface area contributed by atoms with Crippen LogP contribution in [0.15, 0.2) is 0 Å². The summed E-state index contributed by atoms with van der Waals surface area (Å²) in [5.41, 5.74) is -0.793. The molecule has 0 saturated carbocycles. The number of urea groups is 1. The molecule has 146 valence electrons. The Kier molecular flexibility index (Phi) is 5.69. The fraction of sp³-hybridized carbons (Fsp3) is 0.833. The molecule has 3 fully saturated rings. The molecule has 3 amide bonds. The van der Waals surface area contributed by atoms with Crippen LogP contribution in [0.3, 0.4) is 0 Å². The molecular weight excluding hydrogens is 354 g/mol. The zero-order valence-electron chi connectivity index (χ0n) is 15.5. The average Bonchev–Trinajstić information content (AvgIpc) is 3.26. The number of carboxylic acid groups (broad SMARTS) is 1. The number of carboxylic acids is 1. The normalized spacial score (nSPS) is 33.3. The highest BCUT2D eigenvalue weighted by atomic mass is 32.2. The molecular formula is C18H29N3O4S. The number of carbonyl (C=O) groups excluding carboxylic acids is 2. The van der Waals surface area contributed by atoms with Crippen LogP contribution in [0.1, 0.15) is 46.0 Å². The Labute approximate surface area is 158 Å². The van der Waals surface area contributed by atoms with Gasteiger partial charge < -0.3 is 20.6 Å². The maximum atomic E-state index is 12.5. The molecule has 3 saturated heterocycles. The Morgan fingerprint density at radius 3 is 2.77 bits per heavy atom. The molecule has 0 spiro atoms. The smallest absolute Gasteiger partial charge is 0.315 e. The maximum absolute atomic E-state index is 12.5. The van der Waals surface area contributed by atoms with E-state index in [2.05, 4.69) is 10.6 Å². The minimum atomic E-state index is -0.793. The third kappa shape index (κ3) is 3.66. The summed E-state index contributed by atoms with van der Waals surface area (Å²) in [4.78, 5) is 37.3. The van der Waals surface area contributed by atoms with Crippen molar-refractivity contribution in [2.24, 2.45) is 11.3 Å². The minimum Gasteiger partial charge on any atom is -0.481 e. The highest BCUT2D eigenvalue weighted by molar-refractivity contribution is 8.00. The second-order valence-corrected chi connectivity index (χ2v) is 9.32. The van der Waals surface area contributed by atoms with Crippen LogP contribution in [0.25, 0.3) is 0 Å². The summed E-state index contributed by atoms with van der Waals surface area (Å²) in [6.07, 6.45) is 3.77. The third-order valence-corrected chi connectivity index (χ3v) is 7.76. The molecule has 0 aromatic rings. The molecule has 0 aromatic carbocycles. The molecule has 3 heterocycles. The molecule has 0 bridgehead atoms. The number of hydrogen-bond acceptors (Lipinski definition) is 4. The molecule has 3 rings (SSSR count). The predicted molar refractivity (Wildman–Crippen MR) is 100 cm³/mol. The first kappa shape index (κ1) is 19.3. The van der Waals surface area contributed by atoms with E-state index in [0.717, 1.165) is 25.0 Å². The highest BCUT2D eigenvalue weighted by Crippen LogP contribution is 2.38. The monoisotopic (exact) mass is 383 g/mol. The number of fused-ring (bicyclic) bond motifs is 1. The molecule has 7 nitrogen and oxygen atoms in total. The molecule has 1 unspecified atom stereocenters. The maximum Gasteiger partial charge on any atom is 0.315 e. The van der Waals surface area contributed by atoms with Gasteiger partial charge in [-0.05, 0) is 25.2 Å². The third-order valence-electron chi connectivity index (χ3n) is 6.25. The first-order valence-electron chi connectivity index (χ1n) is 9.53. The first-order valence-corrected chi connectivity index (χ1v) is 10.6. The number of rotatable bonds is 7. The van der Waals surface area contributed by atoms with E-state index in [-0.39, 0.29) is 29.9 Å². The lowest BCUT2D eigenvalue weighted by Crippen LogP contribution is -2.40. The van der Waals surface area contributed by atoms with Crippen LogP contribution < -0.4 is 10.6 Å². The van der Waals surface area contributed by atoms with Crippen molar-refractivity contribution in [3.05, 3.63) is 0 Å². The summed E-state index contributed by atoms with van der Waals surface area (Å²) in [6.45, 7) is 4.72. The Morgan fingerprint density at radius 1 is 1.35 bits per heavy atom. The Balaban J connectivity index is 1.40. The standard InChI is InChI=1S/C18H29N3O4S/c1-11(2)18(16(23)24)7-8-21(10-18)14(22)6-4-3-5-13-15-12(9-26-13)19-17(25)20-15/h11-13,15H,3-10H2,1-2H3,(H,23,24)(H2,19,20,25)/t12-,13-,15-,18?/m0/s1. The van der Waals surface area contributed by atoms with Crippen molar-refractivity contribution in [2.75, 3.05) is 18.8 Å². The largest absolute Gasteiger partial charge is 0.481 e. The number of aliphatic carboxylic acids is 1. The number of carbonyl (C=O) groups is 3. The second kappa shape index (κ2) is 7.66. The SMILES string of the molecule is CC(C)C1(C(=O)O)CCN(C(=O)CCCC[C@@H]2SC[C@@H]3NC(=O)N[C@@H]32)C1. The van der Waals surface area contributed by atoms with Gasteiger partial charge in [-0.25, -0.2) is 4.79 Å². The van der Waals surface area contributed by atoms with E-state index in [0.29, 0.717) is 31.2 Å². The number of nitrogens with one attached hydrogen (secondary N) is 2. The van der Waals surface area contributed by atoms with Crippen LogP contribution in [0.4, 0.5) is 4.79 Å². The van der Waals surface area contributed by atoms with Crippen LogP contribution in [0.5, 0.6) is 0 Å². The number of hydrogen-bond donors (Lipinski definition) is 3. The zero-order valence-corrected chi connectivity index (χ0v) is 16.3. The second-order valence-electron chi connectivity index (χ2n) is 8.05. The van der Waals surface area contributed by atoms with Crippen LogP contribution in [-0.2, 0) is 9.59 Å². The van der Waals surface area contributed by atoms with Gasteiger partial charge in [0.15, 0.2) is 0 Å². The van der Waals surface area contributed by atoms with Crippen LogP contribution in [-0.4, -0.2) is 64.1 Å². The molecule has 3 aliphatic rings. The summed E-state index contributed by atoms with van der Waals surface area (Å²) < 4.78 is 0. The molecule has 4 atom stereocenters. The van der Waals surface area contributed by atoms with Gasteiger partial charge in [0, 0.05) is 30.5 Å². The first-order chi connectivity index (χ1) is 12.3. The van der Waals surface area contributed by atoms with E-state index >= 15 is 0 Å². The number of thioether (sulfide) groups is 1. The van der Waals surface area contributed by atoms with Gasteiger partial charge in [-0.1, -0.05) is 20.3 Å². The lowest BCUT2D eigenvalue weighted by Gasteiger charge is -2.28. The number of nitrogens with zero attached hydrogens (tertiary/aromatic N) is 1. The van der Waals surface area contributed by atoms with Gasteiger partial charge in [-0.3, -0.25) is 9.59 Å². The van der Waals surface area contributed by atoms with Crippen molar-refractivity contribution < 1.29 is 19.5 Å².